The summed E-state index contributed by atoms with van der Waals surface area (Å²) in [5.74, 6) is -1.38. The normalized spacial score (nSPS) is 14.1. The van der Waals surface area contributed by atoms with Crippen LogP contribution in [0.2, 0.25) is 0 Å². The van der Waals surface area contributed by atoms with Gasteiger partial charge in [-0.15, -0.1) is 0 Å². The molecule has 0 spiro atoms. The second-order valence-corrected chi connectivity index (χ2v) is 5.34. The van der Waals surface area contributed by atoms with Gasteiger partial charge in [0.25, 0.3) is 0 Å². The number of benzene rings is 2. The third-order valence-electron chi connectivity index (χ3n) is 3.23. The summed E-state index contributed by atoms with van der Waals surface area (Å²) in [4.78, 5) is 0. The quantitative estimate of drug-likeness (QED) is 0.893. The minimum absolute atomic E-state index is 0.124. The van der Waals surface area contributed by atoms with E-state index in [1.165, 1.54) is 18.2 Å². The Balaban J connectivity index is 2.36. The topological polar surface area (TPSA) is 46.2 Å². The summed E-state index contributed by atoms with van der Waals surface area (Å²) in [6.07, 6.45) is -1.09. The molecule has 0 aromatic heterocycles. The smallest absolute Gasteiger partial charge is 0.143 e. The lowest BCUT2D eigenvalue weighted by Gasteiger charge is -2.23. The van der Waals surface area contributed by atoms with Crippen molar-refractivity contribution in [3.8, 4) is 0 Å². The average Bonchev–Trinajstić information content (AvgIpc) is 2.44. The molecule has 0 radical (unpaired) electrons. The highest BCUT2D eigenvalue weighted by molar-refractivity contribution is 9.10. The van der Waals surface area contributed by atoms with E-state index in [-0.39, 0.29) is 22.4 Å². The molecule has 5 heteroatoms. The monoisotopic (exact) mass is 341 g/mol. The number of aliphatic hydroxyl groups is 1. The van der Waals surface area contributed by atoms with Crippen LogP contribution in [0.5, 0.6) is 0 Å². The van der Waals surface area contributed by atoms with Crippen LogP contribution in [0.1, 0.15) is 23.1 Å². The predicted molar refractivity (Wildman–Crippen MR) is 77.3 cm³/mol. The summed E-state index contributed by atoms with van der Waals surface area (Å²) in [5, 5.41) is 10.4. The van der Waals surface area contributed by atoms with Gasteiger partial charge < -0.3 is 10.8 Å². The van der Waals surface area contributed by atoms with Gasteiger partial charge in [0.15, 0.2) is 0 Å². The lowest BCUT2D eigenvalue weighted by atomic mass is 9.89. The van der Waals surface area contributed by atoms with Crippen molar-refractivity contribution in [2.45, 2.75) is 12.0 Å². The van der Waals surface area contributed by atoms with E-state index in [0.717, 1.165) is 0 Å². The Morgan fingerprint density at radius 1 is 1.10 bits per heavy atom. The Labute approximate surface area is 124 Å². The molecule has 20 heavy (non-hydrogen) atoms. The van der Waals surface area contributed by atoms with Gasteiger partial charge in [-0.2, -0.15) is 0 Å². The molecule has 0 heterocycles. The maximum Gasteiger partial charge on any atom is 0.143 e. The van der Waals surface area contributed by atoms with Crippen LogP contribution in [0.25, 0.3) is 0 Å². The maximum absolute atomic E-state index is 14.0. The number of halogens is 3. The average molecular weight is 342 g/mol. The molecule has 3 N–H and O–H groups in total. The summed E-state index contributed by atoms with van der Waals surface area (Å²) in [6, 6.07) is 10.4. The second-order valence-electron chi connectivity index (χ2n) is 4.48. The minimum atomic E-state index is -1.09. The van der Waals surface area contributed by atoms with Gasteiger partial charge in [0.2, 0.25) is 0 Å². The largest absolute Gasteiger partial charge is 0.388 e. The molecule has 2 aromatic rings. The molecule has 0 aliphatic rings. The molecule has 2 nitrogen and oxygen atoms in total. The fourth-order valence-corrected chi connectivity index (χ4v) is 2.50. The van der Waals surface area contributed by atoms with Crippen LogP contribution in [-0.4, -0.2) is 11.7 Å². The highest BCUT2D eigenvalue weighted by Gasteiger charge is 2.24. The second kappa shape index (κ2) is 6.43. The highest BCUT2D eigenvalue weighted by atomic mass is 79.9. The van der Waals surface area contributed by atoms with Crippen molar-refractivity contribution < 1.29 is 13.9 Å². The Morgan fingerprint density at radius 2 is 1.75 bits per heavy atom. The number of aliphatic hydroxyl groups excluding tert-OH is 1. The molecular formula is C15H14BrF2NO. The molecule has 2 unspecified atom stereocenters. The van der Waals surface area contributed by atoms with Crippen molar-refractivity contribution >= 4 is 15.9 Å². The molecule has 0 saturated heterocycles. The van der Waals surface area contributed by atoms with Gasteiger partial charge in [0.1, 0.15) is 11.6 Å². The lowest BCUT2D eigenvalue weighted by molar-refractivity contribution is 0.143. The summed E-state index contributed by atoms with van der Waals surface area (Å²) in [6.45, 7) is 0.124. The van der Waals surface area contributed by atoms with Gasteiger partial charge in [-0.3, -0.25) is 0 Å². The van der Waals surface area contributed by atoms with Crippen LogP contribution in [0, 0.1) is 11.6 Å². The van der Waals surface area contributed by atoms with Gasteiger partial charge >= 0.3 is 0 Å². The third-order valence-corrected chi connectivity index (χ3v) is 3.85. The molecule has 0 aliphatic carbocycles. The van der Waals surface area contributed by atoms with E-state index in [2.05, 4.69) is 15.9 Å². The van der Waals surface area contributed by atoms with E-state index in [4.69, 9.17) is 5.73 Å². The predicted octanol–water partition coefficient (Wildman–Crippen LogP) is 3.50. The van der Waals surface area contributed by atoms with Gasteiger partial charge in [0.05, 0.1) is 10.6 Å². The van der Waals surface area contributed by atoms with Crippen molar-refractivity contribution in [2.24, 2.45) is 5.73 Å². The number of nitrogens with two attached hydrogens (primary N) is 1. The molecular weight excluding hydrogens is 328 g/mol. The highest BCUT2D eigenvalue weighted by Crippen LogP contribution is 2.33. The summed E-state index contributed by atoms with van der Waals surface area (Å²) in [5.41, 5.74) is 6.51. The van der Waals surface area contributed by atoms with Crippen molar-refractivity contribution in [3.05, 3.63) is 69.7 Å². The first-order valence-corrected chi connectivity index (χ1v) is 6.91. The molecule has 0 aliphatic heterocycles. The molecule has 0 bridgehead atoms. The van der Waals surface area contributed by atoms with E-state index in [0.29, 0.717) is 5.56 Å². The van der Waals surface area contributed by atoms with Gasteiger partial charge in [-0.1, -0.05) is 24.3 Å². The van der Waals surface area contributed by atoms with E-state index in [1.807, 2.05) is 0 Å². The van der Waals surface area contributed by atoms with Crippen LogP contribution >= 0.6 is 15.9 Å². The Hall–Kier alpha value is -1.30. The molecule has 0 fully saturated rings. The van der Waals surface area contributed by atoms with Crippen LogP contribution < -0.4 is 5.73 Å². The molecule has 0 saturated carbocycles. The first-order chi connectivity index (χ1) is 9.54. The van der Waals surface area contributed by atoms with E-state index >= 15 is 0 Å². The van der Waals surface area contributed by atoms with Crippen LogP contribution in [0.15, 0.2) is 46.9 Å². The number of hydrogen-bond acceptors (Lipinski definition) is 2. The Bertz CT molecular complexity index is 589. The molecule has 106 valence electrons. The van der Waals surface area contributed by atoms with Crippen LogP contribution in [0.4, 0.5) is 8.78 Å². The maximum atomic E-state index is 14.0. The van der Waals surface area contributed by atoms with Gasteiger partial charge in [0, 0.05) is 18.0 Å². The van der Waals surface area contributed by atoms with E-state index in [9.17, 15) is 13.9 Å². The zero-order chi connectivity index (χ0) is 14.7. The van der Waals surface area contributed by atoms with E-state index in [1.54, 1.807) is 24.3 Å². The van der Waals surface area contributed by atoms with Crippen molar-refractivity contribution in [1.82, 2.24) is 0 Å². The van der Waals surface area contributed by atoms with Crippen LogP contribution in [-0.2, 0) is 0 Å². The summed E-state index contributed by atoms with van der Waals surface area (Å²) >= 11 is 3.08. The van der Waals surface area contributed by atoms with Crippen molar-refractivity contribution in [2.75, 3.05) is 6.54 Å². The molecule has 2 aromatic carbocycles. The zero-order valence-electron chi connectivity index (χ0n) is 10.6. The zero-order valence-corrected chi connectivity index (χ0v) is 12.1. The van der Waals surface area contributed by atoms with Crippen molar-refractivity contribution in [1.29, 1.82) is 0 Å². The third kappa shape index (κ3) is 3.06. The first kappa shape index (κ1) is 15.1. The Morgan fingerprint density at radius 3 is 2.35 bits per heavy atom. The summed E-state index contributed by atoms with van der Waals surface area (Å²) in [7, 11) is 0. The first-order valence-electron chi connectivity index (χ1n) is 6.12. The van der Waals surface area contributed by atoms with Crippen LogP contribution in [0.3, 0.4) is 0 Å². The molecule has 2 rings (SSSR count). The van der Waals surface area contributed by atoms with Gasteiger partial charge in [-0.05, 0) is 39.7 Å². The minimum Gasteiger partial charge on any atom is -0.388 e. The number of rotatable bonds is 4. The summed E-state index contributed by atoms with van der Waals surface area (Å²) < 4.78 is 27.2. The van der Waals surface area contributed by atoms with Gasteiger partial charge in [-0.25, -0.2) is 8.78 Å². The lowest BCUT2D eigenvalue weighted by Crippen LogP contribution is -2.21. The van der Waals surface area contributed by atoms with Crippen molar-refractivity contribution in [3.63, 3.8) is 0 Å². The molecule has 2 atom stereocenters. The fraction of sp³-hybridized carbons (Fsp3) is 0.200. The standard InChI is InChI=1S/C15H14BrF2NO/c16-13-3-1-2-11(14(13)18)15(20)12(8-19)9-4-6-10(17)7-5-9/h1-7,12,15,20H,8,19H2. The van der Waals surface area contributed by atoms with E-state index < -0.39 is 17.8 Å². The molecule has 0 amide bonds. The number of hydrogen-bond donors (Lipinski definition) is 2. The Kier molecular flexibility index (Phi) is 4.86. The SMILES string of the molecule is NCC(c1ccc(F)cc1)C(O)c1cccc(Br)c1F. The fourth-order valence-electron chi connectivity index (χ4n) is 2.12.